The van der Waals surface area contributed by atoms with Gasteiger partial charge in [0.25, 0.3) is 0 Å². The van der Waals surface area contributed by atoms with Gasteiger partial charge in [-0.05, 0) is 5.56 Å². The predicted molar refractivity (Wildman–Crippen MR) is 50.1 cm³/mol. The number of hydrogen-bond acceptors (Lipinski definition) is 3. The molecule has 0 amide bonds. The maximum atomic E-state index is 11.2. The minimum absolute atomic E-state index is 0.00500. The zero-order valence-corrected chi connectivity index (χ0v) is 7.98. The normalized spacial score (nSPS) is 15.2. The van der Waals surface area contributed by atoms with Crippen LogP contribution in [0.25, 0.3) is 0 Å². The number of hydrogen-bond donors (Lipinski definition) is 2. The lowest BCUT2D eigenvalue weighted by Gasteiger charge is -2.09. The monoisotopic (exact) mass is 201 g/mol. The fourth-order valence-corrected chi connectivity index (χ4v) is 1.97. The predicted octanol–water partition coefficient (Wildman–Crippen LogP) is 1.30. The second-order valence-electron chi connectivity index (χ2n) is 2.58. The van der Waals surface area contributed by atoms with E-state index in [2.05, 4.69) is 4.52 Å². The molecule has 0 aliphatic rings. The molecule has 1 unspecified atom stereocenters. The highest BCUT2D eigenvalue weighted by atomic mass is 31.2. The summed E-state index contributed by atoms with van der Waals surface area (Å²) in [5.74, 6) is 0. The van der Waals surface area contributed by atoms with Crippen molar-refractivity contribution in [2.75, 3.05) is 6.73 Å². The third-order valence-corrected chi connectivity index (χ3v) is 2.82. The molecule has 3 N–H and O–H groups in total. The first-order valence-corrected chi connectivity index (χ1v) is 5.61. The maximum absolute atomic E-state index is 11.2. The Morgan fingerprint density at radius 1 is 1.38 bits per heavy atom. The third-order valence-electron chi connectivity index (χ3n) is 1.50. The number of rotatable bonds is 4. The van der Waals surface area contributed by atoms with Crippen molar-refractivity contribution < 1.29 is 14.0 Å². The lowest BCUT2D eigenvalue weighted by Crippen LogP contribution is -2.03. The van der Waals surface area contributed by atoms with Crippen LogP contribution in [0.2, 0.25) is 0 Å². The smallest absolute Gasteiger partial charge is 0.324 e. The molecule has 72 valence electrons. The van der Waals surface area contributed by atoms with Crippen LogP contribution < -0.4 is 5.73 Å². The quantitative estimate of drug-likeness (QED) is 0.569. The van der Waals surface area contributed by atoms with Crippen LogP contribution in [0.15, 0.2) is 30.3 Å². The van der Waals surface area contributed by atoms with Gasteiger partial charge in [0.2, 0.25) is 0 Å². The highest BCUT2D eigenvalue weighted by Crippen LogP contribution is 2.44. The van der Waals surface area contributed by atoms with Crippen LogP contribution in [0.5, 0.6) is 0 Å². The molecule has 0 spiro atoms. The summed E-state index contributed by atoms with van der Waals surface area (Å²) in [5.41, 5.74) is 5.78. The van der Waals surface area contributed by atoms with Crippen molar-refractivity contribution in [1.29, 1.82) is 0 Å². The van der Waals surface area contributed by atoms with E-state index in [1.54, 1.807) is 24.3 Å². The van der Waals surface area contributed by atoms with E-state index in [1.165, 1.54) is 0 Å². The van der Waals surface area contributed by atoms with Crippen molar-refractivity contribution >= 4 is 7.60 Å². The third kappa shape index (κ3) is 3.70. The average molecular weight is 201 g/mol. The highest BCUT2D eigenvalue weighted by Gasteiger charge is 2.18. The Morgan fingerprint density at radius 3 is 2.54 bits per heavy atom. The van der Waals surface area contributed by atoms with Crippen LogP contribution in [0.4, 0.5) is 0 Å². The molecule has 1 atom stereocenters. The Morgan fingerprint density at radius 2 is 2.00 bits per heavy atom. The second kappa shape index (κ2) is 4.53. The molecule has 1 aromatic carbocycles. The minimum atomic E-state index is -3.54. The van der Waals surface area contributed by atoms with Crippen molar-refractivity contribution in [2.24, 2.45) is 5.73 Å². The molecule has 0 aliphatic heterocycles. The van der Waals surface area contributed by atoms with Crippen LogP contribution in [0.3, 0.4) is 0 Å². The lowest BCUT2D eigenvalue weighted by atomic mass is 10.2. The van der Waals surface area contributed by atoms with Crippen molar-refractivity contribution in [3.8, 4) is 0 Å². The Bertz CT molecular complexity index is 302. The first-order chi connectivity index (χ1) is 6.14. The van der Waals surface area contributed by atoms with Crippen LogP contribution in [0.1, 0.15) is 5.56 Å². The van der Waals surface area contributed by atoms with Crippen molar-refractivity contribution in [3.63, 3.8) is 0 Å². The molecule has 0 bridgehead atoms. The fourth-order valence-electron chi connectivity index (χ4n) is 0.976. The van der Waals surface area contributed by atoms with Gasteiger partial charge < -0.3 is 10.6 Å². The molecule has 1 rings (SSSR count). The summed E-state index contributed by atoms with van der Waals surface area (Å²) in [5, 5.41) is 0. The van der Waals surface area contributed by atoms with E-state index >= 15 is 0 Å². The summed E-state index contributed by atoms with van der Waals surface area (Å²) in [7, 11) is -3.54. The first kappa shape index (κ1) is 10.4. The highest BCUT2D eigenvalue weighted by molar-refractivity contribution is 7.51. The Labute approximate surface area is 76.9 Å². The number of benzene rings is 1. The molecule has 0 fully saturated rings. The van der Waals surface area contributed by atoms with Crippen LogP contribution in [0, 0.1) is 0 Å². The molecule has 0 saturated carbocycles. The molecular weight excluding hydrogens is 189 g/mol. The van der Waals surface area contributed by atoms with Crippen LogP contribution >= 0.6 is 7.60 Å². The van der Waals surface area contributed by atoms with E-state index in [0.717, 1.165) is 5.56 Å². The summed E-state index contributed by atoms with van der Waals surface area (Å²) >= 11 is 0. The molecule has 0 aliphatic carbocycles. The summed E-state index contributed by atoms with van der Waals surface area (Å²) < 4.78 is 15.8. The van der Waals surface area contributed by atoms with E-state index in [0.29, 0.717) is 0 Å². The molecule has 0 saturated heterocycles. The first-order valence-electron chi connectivity index (χ1n) is 3.84. The Hall–Kier alpha value is -0.670. The van der Waals surface area contributed by atoms with Gasteiger partial charge >= 0.3 is 7.60 Å². The van der Waals surface area contributed by atoms with E-state index < -0.39 is 7.60 Å². The van der Waals surface area contributed by atoms with Gasteiger partial charge in [-0.25, -0.2) is 0 Å². The Kier molecular flexibility index (Phi) is 3.63. The van der Waals surface area contributed by atoms with Gasteiger partial charge in [0.15, 0.2) is 0 Å². The standard InChI is InChI=1S/C8H12NO3P/c9-7-12-13(10,11)6-8-4-2-1-3-5-8/h1-5H,6-7,9H2,(H,10,11). The van der Waals surface area contributed by atoms with E-state index in [4.69, 9.17) is 5.73 Å². The summed E-state index contributed by atoms with van der Waals surface area (Å²) in [6.07, 6.45) is 0.00500. The molecule has 1 aromatic rings. The topological polar surface area (TPSA) is 72.5 Å². The lowest BCUT2D eigenvalue weighted by molar-refractivity contribution is 0.266. The maximum Gasteiger partial charge on any atom is 0.333 e. The minimum Gasteiger partial charge on any atom is -0.324 e. The summed E-state index contributed by atoms with van der Waals surface area (Å²) in [4.78, 5) is 9.22. The van der Waals surface area contributed by atoms with Gasteiger partial charge in [-0.1, -0.05) is 30.3 Å². The van der Waals surface area contributed by atoms with Gasteiger partial charge in [0.1, 0.15) is 6.73 Å². The number of nitrogens with two attached hydrogens (primary N) is 1. The summed E-state index contributed by atoms with van der Waals surface area (Å²) in [6.45, 7) is -0.236. The molecule has 4 nitrogen and oxygen atoms in total. The largest absolute Gasteiger partial charge is 0.333 e. The van der Waals surface area contributed by atoms with Crippen molar-refractivity contribution in [3.05, 3.63) is 35.9 Å². The van der Waals surface area contributed by atoms with Crippen LogP contribution in [-0.4, -0.2) is 11.6 Å². The van der Waals surface area contributed by atoms with Gasteiger partial charge in [0.05, 0.1) is 6.16 Å². The fraction of sp³-hybridized carbons (Fsp3) is 0.250. The van der Waals surface area contributed by atoms with Gasteiger partial charge in [-0.2, -0.15) is 0 Å². The van der Waals surface area contributed by atoms with Gasteiger partial charge in [-0.15, -0.1) is 0 Å². The van der Waals surface area contributed by atoms with Gasteiger partial charge in [-0.3, -0.25) is 9.09 Å². The molecule has 5 heteroatoms. The molecule has 13 heavy (non-hydrogen) atoms. The van der Waals surface area contributed by atoms with Crippen LogP contribution in [-0.2, 0) is 15.3 Å². The van der Waals surface area contributed by atoms with Gasteiger partial charge in [0, 0.05) is 0 Å². The van der Waals surface area contributed by atoms with E-state index in [9.17, 15) is 9.46 Å². The zero-order valence-electron chi connectivity index (χ0n) is 7.09. The zero-order chi connectivity index (χ0) is 9.73. The molecule has 0 aromatic heterocycles. The molecular formula is C8H12NO3P. The summed E-state index contributed by atoms with van der Waals surface area (Å²) in [6, 6.07) is 8.98. The van der Waals surface area contributed by atoms with Crippen molar-refractivity contribution in [1.82, 2.24) is 0 Å². The average Bonchev–Trinajstić information content (AvgIpc) is 2.04. The van der Waals surface area contributed by atoms with E-state index in [1.807, 2.05) is 6.07 Å². The van der Waals surface area contributed by atoms with Crippen molar-refractivity contribution in [2.45, 2.75) is 6.16 Å². The SMILES string of the molecule is NCOP(=O)(O)Cc1ccccc1. The Balaban J connectivity index is 2.64. The molecule has 0 heterocycles. The van der Waals surface area contributed by atoms with E-state index in [-0.39, 0.29) is 12.9 Å². The second-order valence-corrected chi connectivity index (χ2v) is 4.43. The molecule has 0 radical (unpaired) electrons.